The van der Waals surface area contributed by atoms with E-state index in [9.17, 15) is 14.4 Å². The molecular weight excluding hydrogens is 264 g/mol. The number of nitrogens with one attached hydrogen (secondary N) is 2. The van der Waals surface area contributed by atoms with Crippen molar-refractivity contribution in [1.82, 2.24) is 20.4 Å². The number of amides is 3. The number of rotatable bonds is 4. The molecule has 8 nitrogen and oxygen atoms in total. The highest BCUT2D eigenvalue weighted by Crippen LogP contribution is 2.05. The molecule has 2 rings (SSSR count). The first kappa shape index (κ1) is 14.6. The van der Waals surface area contributed by atoms with Gasteiger partial charge < -0.3 is 20.6 Å². The smallest absolute Gasteiger partial charge is 0.317 e. The van der Waals surface area contributed by atoms with Crippen molar-refractivity contribution in [2.45, 2.75) is 18.9 Å². The molecular formula is C12H20N4O4. The number of hydrogen-bond donors (Lipinski definition) is 3. The average Bonchev–Trinajstić information content (AvgIpc) is 2.82. The van der Waals surface area contributed by atoms with Crippen LogP contribution in [-0.2, 0) is 9.59 Å². The zero-order valence-electron chi connectivity index (χ0n) is 11.3. The van der Waals surface area contributed by atoms with E-state index in [0.717, 1.165) is 0 Å². The fourth-order valence-corrected chi connectivity index (χ4v) is 2.40. The summed E-state index contributed by atoms with van der Waals surface area (Å²) in [5.41, 5.74) is 0. The van der Waals surface area contributed by atoms with Gasteiger partial charge in [-0.1, -0.05) is 0 Å². The number of carboxylic acids is 1. The number of aliphatic carboxylic acids is 1. The molecule has 1 atom stereocenters. The molecule has 2 fully saturated rings. The molecule has 0 aliphatic carbocycles. The molecule has 0 aromatic heterocycles. The van der Waals surface area contributed by atoms with E-state index in [1.54, 1.807) is 4.90 Å². The van der Waals surface area contributed by atoms with Gasteiger partial charge in [0.25, 0.3) is 0 Å². The SMILES string of the molecule is O=C(O)CCN1CCN(C(=O)NC2CNC(=O)C2)CC1. The molecule has 2 heterocycles. The zero-order chi connectivity index (χ0) is 14.5. The minimum Gasteiger partial charge on any atom is -0.481 e. The van der Waals surface area contributed by atoms with Crippen LogP contribution in [0.4, 0.5) is 4.79 Å². The van der Waals surface area contributed by atoms with Gasteiger partial charge in [-0.05, 0) is 0 Å². The Bertz CT molecular complexity index is 393. The molecule has 0 aromatic carbocycles. The van der Waals surface area contributed by atoms with Crippen LogP contribution in [0, 0.1) is 0 Å². The predicted octanol–water partition coefficient (Wildman–Crippen LogP) is -1.32. The topological polar surface area (TPSA) is 102 Å². The van der Waals surface area contributed by atoms with E-state index in [2.05, 4.69) is 10.6 Å². The Hall–Kier alpha value is -1.83. The lowest BCUT2D eigenvalue weighted by Crippen LogP contribution is -2.53. The molecule has 0 radical (unpaired) electrons. The number of carboxylic acid groups (broad SMARTS) is 1. The van der Waals surface area contributed by atoms with Gasteiger partial charge in [-0.25, -0.2) is 4.79 Å². The highest BCUT2D eigenvalue weighted by molar-refractivity contribution is 5.81. The predicted molar refractivity (Wildman–Crippen MR) is 70.2 cm³/mol. The van der Waals surface area contributed by atoms with Crippen LogP contribution < -0.4 is 10.6 Å². The summed E-state index contributed by atoms with van der Waals surface area (Å²) in [4.78, 5) is 37.3. The van der Waals surface area contributed by atoms with Gasteiger partial charge in [0.2, 0.25) is 5.91 Å². The Morgan fingerprint density at radius 2 is 2.00 bits per heavy atom. The third kappa shape index (κ3) is 4.09. The maximum atomic E-state index is 12.0. The summed E-state index contributed by atoms with van der Waals surface area (Å²) in [6.07, 6.45) is 0.465. The zero-order valence-corrected chi connectivity index (χ0v) is 11.3. The number of carbonyl (C=O) groups is 3. The lowest BCUT2D eigenvalue weighted by molar-refractivity contribution is -0.137. The summed E-state index contributed by atoms with van der Waals surface area (Å²) in [5, 5.41) is 14.1. The Labute approximate surface area is 117 Å². The summed E-state index contributed by atoms with van der Waals surface area (Å²) in [5.74, 6) is -0.836. The minimum absolute atomic E-state index is 0.0335. The van der Waals surface area contributed by atoms with Crippen molar-refractivity contribution >= 4 is 17.9 Å². The van der Waals surface area contributed by atoms with Crippen molar-refractivity contribution in [1.29, 1.82) is 0 Å². The summed E-state index contributed by atoms with van der Waals surface area (Å²) in [7, 11) is 0. The van der Waals surface area contributed by atoms with Crippen LogP contribution in [0.3, 0.4) is 0 Å². The van der Waals surface area contributed by atoms with Gasteiger partial charge in [0.15, 0.2) is 0 Å². The van der Waals surface area contributed by atoms with Gasteiger partial charge in [0.1, 0.15) is 0 Å². The van der Waals surface area contributed by atoms with Gasteiger partial charge >= 0.3 is 12.0 Å². The van der Waals surface area contributed by atoms with Crippen LogP contribution in [0.2, 0.25) is 0 Å². The number of hydrogen-bond acceptors (Lipinski definition) is 4. The largest absolute Gasteiger partial charge is 0.481 e. The summed E-state index contributed by atoms with van der Waals surface area (Å²) in [6, 6.07) is -0.274. The minimum atomic E-state index is -0.802. The van der Waals surface area contributed by atoms with Gasteiger partial charge in [-0.15, -0.1) is 0 Å². The maximum Gasteiger partial charge on any atom is 0.317 e. The molecule has 20 heavy (non-hydrogen) atoms. The van der Waals surface area contributed by atoms with E-state index in [1.165, 1.54) is 0 Å². The third-order valence-electron chi connectivity index (χ3n) is 3.61. The molecule has 3 amide bonds. The first-order valence-electron chi connectivity index (χ1n) is 6.81. The van der Waals surface area contributed by atoms with Crippen molar-refractivity contribution in [2.75, 3.05) is 39.3 Å². The first-order chi connectivity index (χ1) is 9.54. The standard InChI is InChI=1S/C12H20N4O4/c17-10-7-9(8-13-10)14-12(20)16-5-3-15(4-6-16)2-1-11(18)19/h9H,1-8H2,(H,13,17)(H,14,20)(H,18,19). The molecule has 0 saturated carbocycles. The second-order valence-corrected chi connectivity index (χ2v) is 5.13. The Balaban J connectivity index is 1.69. The van der Waals surface area contributed by atoms with Gasteiger partial charge in [0.05, 0.1) is 12.5 Å². The number of piperazine rings is 1. The van der Waals surface area contributed by atoms with Crippen molar-refractivity contribution in [2.24, 2.45) is 0 Å². The first-order valence-corrected chi connectivity index (χ1v) is 6.81. The van der Waals surface area contributed by atoms with Crippen molar-refractivity contribution in [3.05, 3.63) is 0 Å². The van der Waals surface area contributed by atoms with E-state index in [-0.39, 0.29) is 24.4 Å². The Morgan fingerprint density at radius 3 is 2.55 bits per heavy atom. The highest BCUT2D eigenvalue weighted by atomic mass is 16.4. The van der Waals surface area contributed by atoms with Crippen molar-refractivity contribution < 1.29 is 19.5 Å². The van der Waals surface area contributed by atoms with E-state index in [1.807, 2.05) is 4.90 Å². The van der Waals surface area contributed by atoms with E-state index >= 15 is 0 Å². The maximum absolute atomic E-state index is 12.0. The monoisotopic (exact) mass is 284 g/mol. The molecule has 3 N–H and O–H groups in total. The lowest BCUT2D eigenvalue weighted by Gasteiger charge is -2.34. The molecule has 2 aliphatic heterocycles. The number of urea groups is 1. The molecule has 8 heteroatoms. The second-order valence-electron chi connectivity index (χ2n) is 5.13. The quantitative estimate of drug-likeness (QED) is 0.594. The van der Waals surface area contributed by atoms with Crippen LogP contribution in [0.25, 0.3) is 0 Å². The van der Waals surface area contributed by atoms with Gasteiger partial charge in [-0.3, -0.25) is 14.5 Å². The fourth-order valence-electron chi connectivity index (χ4n) is 2.40. The fraction of sp³-hybridized carbons (Fsp3) is 0.750. The molecule has 1 unspecified atom stereocenters. The summed E-state index contributed by atoms with van der Waals surface area (Å²) in [6.45, 7) is 3.54. The lowest BCUT2D eigenvalue weighted by atomic mass is 10.2. The Morgan fingerprint density at radius 1 is 1.30 bits per heavy atom. The summed E-state index contributed by atoms with van der Waals surface area (Å²) >= 11 is 0. The average molecular weight is 284 g/mol. The molecule has 0 bridgehead atoms. The van der Waals surface area contributed by atoms with Crippen molar-refractivity contribution in [3.63, 3.8) is 0 Å². The van der Waals surface area contributed by atoms with Crippen LogP contribution >= 0.6 is 0 Å². The number of carbonyl (C=O) groups excluding carboxylic acids is 2. The van der Waals surface area contributed by atoms with E-state index < -0.39 is 5.97 Å². The molecule has 112 valence electrons. The van der Waals surface area contributed by atoms with E-state index in [4.69, 9.17) is 5.11 Å². The third-order valence-corrected chi connectivity index (χ3v) is 3.61. The molecule has 2 aliphatic rings. The van der Waals surface area contributed by atoms with Gasteiger partial charge in [0, 0.05) is 45.7 Å². The molecule has 2 saturated heterocycles. The number of nitrogens with zero attached hydrogens (tertiary/aromatic N) is 2. The highest BCUT2D eigenvalue weighted by Gasteiger charge is 2.26. The Kier molecular flexibility index (Phi) is 4.78. The summed E-state index contributed by atoms with van der Waals surface area (Å²) < 4.78 is 0. The normalized spacial score (nSPS) is 23.5. The van der Waals surface area contributed by atoms with E-state index in [0.29, 0.717) is 45.7 Å². The van der Waals surface area contributed by atoms with Crippen LogP contribution in [0.15, 0.2) is 0 Å². The molecule has 0 spiro atoms. The van der Waals surface area contributed by atoms with Gasteiger partial charge in [-0.2, -0.15) is 0 Å². The van der Waals surface area contributed by atoms with Crippen LogP contribution in [-0.4, -0.2) is 78.1 Å². The van der Waals surface area contributed by atoms with Crippen LogP contribution in [0.5, 0.6) is 0 Å². The molecule has 0 aromatic rings. The van der Waals surface area contributed by atoms with Crippen molar-refractivity contribution in [3.8, 4) is 0 Å². The second kappa shape index (κ2) is 6.56. The van der Waals surface area contributed by atoms with Crippen LogP contribution in [0.1, 0.15) is 12.8 Å².